The zero-order chi connectivity index (χ0) is 15.5. The minimum atomic E-state index is -0.0510. The third kappa shape index (κ3) is 3.17. The van der Waals surface area contributed by atoms with Crippen LogP contribution in [0.1, 0.15) is 26.5 Å². The lowest BCUT2D eigenvalue weighted by molar-refractivity contribution is 0.0953. The van der Waals surface area contributed by atoms with Gasteiger partial charge >= 0.3 is 0 Å². The molecule has 1 aromatic carbocycles. The van der Waals surface area contributed by atoms with Gasteiger partial charge in [-0.3, -0.25) is 9.78 Å². The van der Waals surface area contributed by atoms with E-state index in [1.54, 1.807) is 11.3 Å². The quantitative estimate of drug-likeness (QED) is 0.794. The SMILES string of the molecule is Cc1ccc2nc(C)c(C(=O)NCCc3cccs3)cc2c1. The molecule has 0 atom stereocenters. The molecule has 0 saturated carbocycles. The summed E-state index contributed by atoms with van der Waals surface area (Å²) < 4.78 is 0. The van der Waals surface area contributed by atoms with Gasteiger partial charge in [0.05, 0.1) is 16.8 Å². The molecule has 0 unspecified atom stereocenters. The van der Waals surface area contributed by atoms with Gasteiger partial charge in [0.2, 0.25) is 0 Å². The zero-order valence-corrected chi connectivity index (χ0v) is 13.5. The molecule has 0 aliphatic rings. The van der Waals surface area contributed by atoms with Crippen LogP contribution < -0.4 is 5.32 Å². The minimum Gasteiger partial charge on any atom is -0.352 e. The lowest BCUT2D eigenvalue weighted by Gasteiger charge is -2.09. The van der Waals surface area contributed by atoms with Crippen molar-refractivity contribution in [2.75, 3.05) is 6.54 Å². The molecule has 0 radical (unpaired) electrons. The Morgan fingerprint density at radius 3 is 2.86 bits per heavy atom. The maximum absolute atomic E-state index is 12.4. The van der Waals surface area contributed by atoms with Gasteiger partial charge in [0, 0.05) is 16.8 Å². The van der Waals surface area contributed by atoms with Gasteiger partial charge in [-0.2, -0.15) is 0 Å². The van der Waals surface area contributed by atoms with Crippen LogP contribution in [0.2, 0.25) is 0 Å². The van der Waals surface area contributed by atoms with Crippen molar-refractivity contribution in [1.29, 1.82) is 0 Å². The average Bonchev–Trinajstić information content (AvgIpc) is 3.00. The number of nitrogens with one attached hydrogen (secondary N) is 1. The second kappa shape index (κ2) is 6.28. The highest BCUT2D eigenvalue weighted by Crippen LogP contribution is 2.18. The van der Waals surface area contributed by atoms with Crippen molar-refractivity contribution in [2.45, 2.75) is 20.3 Å². The summed E-state index contributed by atoms with van der Waals surface area (Å²) in [6.45, 7) is 4.57. The molecule has 0 aliphatic carbocycles. The Hall–Kier alpha value is -2.20. The third-order valence-electron chi connectivity index (χ3n) is 3.64. The second-order valence-electron chi connectivity index (χ2n) is 5.40. The zero-order valence-electron chi connectivity index (χ0n) is 12.7. The van der Waals surface area contributed by atoms with Crippen molar-refractivity contribution in [2.24, 2.45) is 0 Å². The van der Waals surface area contributed by atoms with Crippen LogP contribution in [0, 0.1) is 13.8 Å². The fraction of sp³-hybridized carbons (Fsp3) is 0.222. The van der Waals surface area contributed by atoms with Crippen molar-refractivity contribution in [3.8, 4) is 0 Å². The number of amides is 1. The predicted molar refractivity (Wildman–Crippen MR) is 91.6 cm³/mol. The highest BCUT2D eigenvalue weighted by molar-refractivity contribution is 7.09. The summed E-state index contributed by atoms with van der Waals surface area (Å²) >= 11 is 1.71. The van der Waals surface area contributed by atoms with Gasteiger partial charge in [-0.25, -0.2) is 0 Å². The van der Waals surface area contributed by atoms with Gasteiger partial charge in [-0.1, -0.05) is 17.7 Å². The number of thiophene rings is 1. The van der Waals surface area contributed by atoms with Crippen LogP contribution in [0.5, 0.6) is 0 Å². The molecule has 1 amide bonds. The van der Waals surface area contributed by atoms with E-state index in [9.17, 15) is 4.79 Å². The molecule has 0 aliphatic heterocycles. The van der Waals surface area contributed by atoms with E-state index < -0.39 is 0 Å². The average molecular weight is 310 g/mol. The molecule has 3 aromatic rings. The molecule has 3 rings (SSSR count). The number of rotatable bonds is 4. The second-order valence-corrected chi connectivity index (χ2v) is 6.44. The van der Waals surface area contributed by atoms with Crippen LogP contribution in [0.4, 0.5) is 0 Å². The molecule has 0 saturated heterocycles. The summed E-state index contributed by atoms with van der Waals surface area (Å²) in [5, 5.41) is 6.05. The highest BCUT2D eigenvalue weighted by atomic mass is 32.1. The summed E-state index contributed by atoms with van der Waals surface area (Å²) in [5.74, 6) is -0.0510. The van der Waals surface area contributed by atoms with Crippen molar-refractivity contribution >= 4 is 28.1 Å². The number of hydrogen-bond donors (Lipinski definition) is 1. The fourth-order valence-corrected chi connectivity index (χ4v) is 3.18. The van der Waals surface area contributed by atoms with E-state index in [1.165, 1.54) is 10.4 Å². The Bertz CT molecular complexity index is 809. The molecule has 0 fully saturated rings. The van der Waals surface area contributed by atoms with E-state index in [0.717, 1.165) is 23.0 Å². The third-order valence-corrected chi connectivity index (χ3v) is 4.58. The molecule has 1 N–H and O–H groups in total. The van der Waals surface area contributed by atoms with Crippen molar-refractivity contribution in [3.05, 3.63) is 63.5 Å². The predicted octanol–water partition coefficient (Wildman–Crippen LogP) is 3.89. The van der Waals surface area contributed by atoms with Crippen LogP contribution in [0.15, 0.2) is 41.8 Å². The Labute approximate surface area is 134 Å². The first-order valence-corrected chi connectivity index (χ1v) is 8.20. The molecule has 2 heterocycles. The molecule has 4 heteroatoms. The van der Waals surface area contributed by atoms with E-state index in [0.29, 0.717) is 12.1 Å². The van der Waals surface area contributed by atoms with E-state index in [4.69, 9.17) is 0 Å². The van der Waals surface area contributed by atoms with Crippen LogP contribution in [0.3, 0.4) is 0 Å². The summed E-state index contributed by atoms with van der Waals surface area (Å²) in [7, 11) is 0. The Balaban J connectivity index is 1.76. The first-order chi connectivity index (χ1) is 10.6. The molecule has 3 nitrogen and oxygen atoms in total. The molecule has 0 bridgehead atoms. The molecular formula is C18H18N2OS. The number of hydrogen-bond acceptors (Lipinski definition) is 3. The van der Waals surface area contributed by atoms with Crippen LogP contribution in [-0.2, 0) is 6.42 Å². The highest BCUT2D eigenvalue weighted by Gasteiger charge is 2.11. The summed E-state index contributed by atoms with van der Waals surface area (Å²) in [6, 6.07) is 12.1. The monoisotopic (exact) mass is 310 g/mol. The normalized spacial score (nSPS) is 10.8. The number of pyridine rings is 1. The van der Waals surface area contributed by atoms with Gasteiger partial charge in [0.1, 0.15) is 0 Å². The minimum absolute atomic E-state index is 0.0510. The molecule has 22 heavy (non-hydrogen) atoms. The smallest absolute Gasteiger partial charge is 0.253 e. The number of carbonyl (C=O) groups excluding carboxylic acids is 1. The van der Waals surface area contributed by atoms with Crippen molar-refractivity contribution in [3.63, 3.8) is 0 Å². The van der Waals surface area contributed by atoms with Crippen LogP contribution in [0.25, 0.3) is 10.9 Å². The summed E-state index contributed by atoms with van der Waals surface area (Å²) in [4.78, 5) is 18.2. The Morgan fingerprint density at radius 2 is 2.09 bits per heavy atom. The van der Waals surface area contributed by atoms with E-state index in [-0.39, 0.29) is 5.91 Å². The van der Waals surface area contributed by atoms with Gasteiger partial charge in [-0.05, 0) is 49.9 Å². The van der Waals surface area contributed by atoms with Crippen molar-refractivity contribution in [1.82, 2.24) is 10.3 Å². The number of nitrogens with zero attached hydrogens (tertiary/aromatic N) is 1. The first-order valence-electron chi connectivity index (χ1n) is 7.32. The maximum Gasteiger partial charge on any atom is 0.253 e. The first kappa shape index (κ1) is 14.7. The van der Waals surface area contributed by atoms with Gasteiger partial charge in [0.25, 0.3) is 5.91 Å². The topological polar surface area (TPSA) is 42.0 Å². The van der Waals surface area contributed by atoms with E-state index in [2.05, 4.69) is 27.8 Å². The number of fused-ring (bicyclic) bond motifs is 1. The van der Waals surface area contributed by atoms with Crippen LogP contribution >= 0.6 is 11.3 Å². The summed E-state index contributed by atoms with van der Waals surface area (Å²) in [6.07, 6.45) is 0.864. The number of benzene rings is 1. The number of carbonyl (C=O) groups is 1. The largest absolute Gasteiger partial charge is 0.352 e. The maximum atomic E-state index is 12.4. The van der Waals surface area contributed by atoms with E-state index >= 15 is 0 Å². The Morgan fingerprint density at radius 1 is 1.23 bits per heavy atom. The van der Waals surface area contributed by atoms with Gasteiger partial charge in [0.15, 0.2) is 0 Å². The number of aromatic nitrogens is 1. The summed E-state index contributed by atoms with van der Waals surface area (Å²) in [5.41, 5.74) is 3.52. The molecule has 2 aromatic heterocycles. The van der Waals surface area contributed by atoms with E-state index in [1.807, 2.05) is 38.1 Å². The Kier molecular flexibility index (Phi) is 4.20. The number of aryl methyl sites for hydroxylation is 2. The standard InChI is InChI=1S/C18H18N2OS/c1-12-5-6-17-14(10-12)11-16(13(2)20-17)18(21)19-8-7-15-4-3-9-22-15/h3-6,9-11H,7-8H2,1-2H3,(H,19,21). The fourth-order valence-electron chi connectivity index (χ4n) is 2.47. The molecular weight excluding hydrogens is 292 g/mol. The molecule has 0 spiro atoms. The van der Waals surface area contributed by atoms with Crippen LogP contribution in [-0.4, -0.2) is 17.4 Å². The lowest BCUT2D eigenvalue weighted by atomic mass is 10.1. The van der Waals surface area contributed by atoms with Gasteiger partial charge < -0.3 is 5.32 Å². The lowest BCUT2D eigenvalue weighted by Crippen LogP contribution is -2.26. The molecule has 112 valence electrons. The van der Waals surface area contributed by atoms with Gasteiger partial charge in [-0.15, -0.1) is 11.3 Å². The van der Waals surface area contributed by atoms with Crippen molar-refractivity contribution < 1.29 is 4.79 Å².